The topological polar surface area (TPSA) is 84.6 Å². The fourth-order valence-corrected chi connectivity index (χ4v) is 1.31. The van der Waals surface area contributed by atoms with Gasteiger partial charge >= 0.3 is 0 Å². The number of rotatable bonds is 5. The summed E-state index contributed by atoms with van der Waals surface area (Å²) in [6.07, 6.45) is 0. The van der Waals surface area contributed by atoms with Gasteiger partial charge in [0.15, 0.2) is 0 Å². The zero-order chi connectivity index (χ0) is 12.8. The van der Waals surface area contributed by atoms with Crippen LogP contribution in [0.4, 0.5) is 5.69 Å². The largest absolute Gasteiger partial charge is 0.495 e. The summed E-state index contributed by atoms with van der Waals surface area (Å²) in [5, 5.41) is 11.6. The Balaban J connectivity index is 2.66. The average Bonchev–Trinajstić information content (AvgIpc) is 2.35. The fraction of sp³-hybridized carbons (Fsp3) is 0.417. The summed E-state index contributed by atoms with van der Waals surface area (Å²) in [5.74, 6) is 0.375. The SMILES string of the molecule is COc1ccc(C(=O)NCC(C)CO)cc1N. The quantitative estimate of drug-likeness (QED) is 0.657. The zero-order valence-electron chi connectivity index (χ0n) is 10.1. The first-order valence-corrected chi connectivity index (χ1v) is 5.41. The molecule has 94 valence electrons. The van der Waals surface area contributed by atoms with Gasteiger partial charge in [0, 0.05) is 18.7 Å². The van der Waals surface area contributed by atoms with E-state index >= 15 is 0 Å². The fourth-order valence-electron chi connectivity index (χ4n) is 1.31. The zero-order valence-corrected chi connectivity index (χ0v) is 10.1. The van der Waals surface area contributed by atoms with E-state index in [1.165, 1.54) is 7.11 Å². The summed E-state index contributed by atoms with van der Waals surface area (Å²) in [6.45, 7) is 2.33. The Labute approximate surface area is 101 Å². The van der Waals surface area contributed by atoms with Crippen LogP contribution in [0.1, 0.15) is 17.3 Å². The molecule has 0 aliphatic heterocycles. The smallest absolute Gasteiger partial charge is 0.251 e. The molecule has 0 heterocycles. The van der Waals surface area contributed by atoms with Crippen molar-refractivity contribution in [3.8, 4) is 5.75 Å². The lowest BCUT2D eigenvalue weighted by Crippen LogP contribution is -2.29. The van der Waals surface area contributed by atoms with E-state index < -0.39 is 0 Å². The molecule has 0 fully saturated rings. The number of aliphatic hydroxyl groups excluding tert-OH is 1. The van der Waals surface area contributed by atoms with Crippen molar-refractivity contribution in [2.24, 2.45) is 5.92 Å². The van der Waals surface area contributed by atoms with E-state index in [1.54, 1.807) is 18.2 Å². The van der Waals surface area contributed by atoms with Gasteiger partial charge in [-0.1, -0.05) is 6.92 Å². The molecule has 1 unspecified atom stereocenters. The molecule has 0 saturated carbocycles. The van der Waals surface area contributed by atoms with Gasteiger partial charge in [-0.25, -0.2) is 0 Å². The van der Waals surface area contributed by atoms with Crippen LogP contribution in [-0.4, -0.2) is 31.3 Å². The number of carbonyl (C=O) groups excluding carboxylic acids is 1. The summed E-state index contributed by atoms with van der Waals surface area (Å²) >= 11 is 0. The van der Waals surface area contributed by atoms with Gasteiger partial charge < -0.3 is 20.9 Å². The Morgan fingerprint density at radius 2 is 2.29 bits per heavy atom. The van der Waals surface area contributed by atoms with Crippen molar-refractivity contribution in [3.05, 3.63) is 23.8 Å². The number of anilines is 1. The van der Waals surface area contributed by atoms with E-state index in [4.69, 9.17) is 15.6 Å². The second-order valence-corrected chi connectivity index (χ2v) is 3.95. The van der Waals surface area contributed by atoms with Crippen molar-refractivity contribution in [2.45, 2.75) is 6.92 Å². The van der Waals surface area contributed by atoms with Crippen LogP contribution in [0.2, 0.25) is 0 Å². The lowest BCUT2D eigenvalue weighted by Gasteiger charge is -2.10. The molecule has 0 aliphatic carbocycles. The van der Waals surface area contributed by atoms with Gasteiger partial charge in [0.1, 0.15) is 5.75 Å². The van der Waals surface area contributed by atoms with Gasteiger partial charge in [0.05, 0.1) is 12.8 Å². The van der Waals surface area contributed by atoms with Gasteiger partial charge in [0.2, 0.25) is 0 Å². The standard InChI is InChI=1S/C12H18N2O3/c1-8(7-15)6-14-12(16)9-3-4-11(17-2)10(13)5-9/h3-5,8,15H,6-7,13H2,1-2H3,(H,14,16). The van der Waals surface area contributed by atoms with Crippen molar-refractivity contribution in [1.29, 1.82) is 0 Å². The van der Waals surface area contributed by atoms with E-state index in [-0.39, 0.29) is 18.4 Å². The predicted octanol–water partition coefficient (Wildman–Crippen LogP) is 0.636. The molecule has 0 spiro atoms. The molecular weight excluding hydrogens is 220 g/mol. The van der Waals surface area contributed by atoms with Gasteiger partial charge in [-0.05, 0) is 24.1 Å². The van der Waals surface area contributed by atoms with Crippen molar-refractivity contribution in [3.63, 3.8) is 0 Å². The van der Waals surface area contributed by atoms with Crippen LogP contribution in [-0.2, 0) is 0 Å². The summed E-state index contributed by atoms with van der Waals surface area (Å²) in [6, 6.07) is 4.87. The first-order chi connectivity index (χ1) is 8.08. The highest BCUT2D eigenvalue weighted by Crippen LogP contribution is 2.21. The Morgan fingerprint density at radius 3 is 2.82 bits per heavy atom. The number of amides is 1. The third-order valence-electron chi connectivity index (χ3n) is 2.41. The van der Waals surface area contributed by atoms with Crippen molar-refractivity contribution < 1.29 is 14.6 Å². The highest BCUT2D eigenvalue weighted by molar-refractivity contribution is 5.95. The van der Waals surface area contributed by atoms with Crippen LogP contribution in [0.25, 0.3) is 0 Å². The second kappa shape index (κ2) is 6.10. The number of nitrogens with one attached hydrogen (secondary N) is 1. The molecule has 0 bridgehead atoms. The predicted molar refractivity (Wildman–Crippen MR) is 66.0 cm³/mol. The van der Waals surface area contributed by atoms with E-state index in [2.05, 4.69) is 5.32 Å². The number of ether oxygens (including phenoxy) is 1. The van der Waals surface area contributed by atoms with Gasteiger partial charge in [-0.15, -0.1) is 0 Å². The molecule has 1 amide bonds. The third kappa shape index (κ3) is 3.64. The molecule has 5 nitrogen and oxygen atoms in total. The van der Waals surface area contributed by atoms with Gasteiger partial charge in [0.25, 0.3) is 5.91 Å². The molecule has 0 aromatic heterocycles. The Bertz CT molecular complexity index is 393. The molecule has 0 aliphatic rings. The molecule has 1 atom stereocenters. The summed E-state index contributed by atoms with van der Waals surface area (Å²) in [7, 11) is 1.52. The van der Waals surface area contributed by atoms with Gasteiger partial charge in [-0.3, -0.25) is 4.79 Å². The molecule has 4 N–H and O–H groups in total. The number of aliphatic hydroxyl groups is 1. The van der Waals surface area contributed by atoms with Gasteiger partial charge in [-0.2, -0.15) is 0 Å². The van der Waals surface area contributed by atoms with E-state index in [9.17, 15) is 4.79 Å². The number of hydrogen-bond acceptors (Lipinski definition) is 4. The Kier molecular flexibility index (Phi) is 4.78. The molecule has 0 radical (unpaired) electrons. The number of nitrogen functional groups attached to an aromatic ring is 1. The molecule has 5 heteroatoms. The minimum atomic E-state index is -0.209. The van der Waals surface area contributed by atoms with E-state index in [0.29, 0.717) is 23.5 Å². The molecule has 1 aromatic rings. The van der Waals surface area contributed by atoms with Crippen LogP contribution in [0.5, 0.6) is 5.75 Å². The van der Waals surface area contributed by atoms with Crippen molar-refractivity contribution in [2.75, 3.05) is 26.0 Å². The average molecular weight is 238 g/mol. The molecule has 1 aromatic carbocycles. The van der Waals surface area contributed by atoms with Crippen molar-refractivity contribution in [1.82, 2.24) is 5.32 Å². The maximum atomic E-state index is 11.7. The number of benzene rings is 1. The highest BCUT2D eigenvalue weighted by Gasteiger charge is 2.09. The van der Waals surface area contributed by atoms with Crippen LogP contribution in [0.15, 0.2) is 18.2 Å². The lowest BCUT2D eigenvalue weighted by atomic mass is 10.1. The summed E-state index contributed by atoms with van der Waals surface area (Å²) in [5.41, 5.74) is 6.61. The minimum absolute atomic E-state index is 0.0366. The second-order valence-electron chi connectivity index (χ2n) is 3.95. The maximum Gasteiger partial charge on any atom is 0.251 e. The van der Waals surface area contributed by atoms with Crippen molar-refractivity contribution >= 4 is 11.6 Å². The maximum absolute atomic E-state index is 11.7. The molecule has 0 saturated heterocycles. The lowest BCUT2D eigenvalue weighted by molar-refractivity contribution is 0.0942. The summed E-state index contributed by atoms with van der Waals surface area (Å²) in [4.78, 5) is 11.7. The number of methoxy groups -OCH3 is 1. The first-order valence-electron chi connectivity index (χ1n) is 5.41. The normalized spacial score (nSPS) is 11.9. The molecule has 17 heavy (non-hydrogen) atoms. The van der Waals surface area contributed by atoms with Crippen LogP contribution >= 0.6 is 0 Å². The number of hydrogen-bond donors (Lipinski definition) is 3. The van der Waals surface area contributed by atoms with Crippen LogP contribution < -0.4 is 15.8 Å². The van der Waals surface area contributed by atoms with Crippen LogP contribution in [0, 0.1) is 5.92 Å². The summed E-state index contributed by atoms with van der Waals surface area (Å²) < 4.78 is 5.01. The Morgan fingerprint density at radius 1 is 1.59 bits per heavy atom. The van der Waals surface area contributed by atoms with E-state index in [0.717, 1.165) is 0 Å². The first kappa shape index (κ1) is 13.3. The third-order valence-corrected chi connectivity index (χ3v) is 2.41. The molecular formula is C12H18N2O3. The van der Waals surface area contributed by atoms with E-state index in [1.807, 2.05) is 6.92 Å². The van der Waals surface area contributed by atoms with Crippen LogP contribution in [0.3, 0.4) is 0 Å². The monoisotopic (exact) mass is 238 g/mol. The Hall–Kier alpha value is -1.75. The number of carbonyl (C=O) groups is 1. The number of nitrogens with two attached hydrogens (primary N) is 1. The highest BCUT2D eigenvalue weighted by atomic mass is 16.5. The minimum Gasteiger partial charge on any atom is -0.495 e. The molecule has 1 rings (SSSR count).